The van der Waals surface area contributed by atoms with Gasteiger partial charge in [0.2, 0.25) is 0 Å². The van der Waals surface area contributed by atoms with E-state index in [0.717, 1.165) is 16.6 Å². The second kappa shape index (κ2) is 10.1. The first kappa shape index (κ1) is 23.9. The number of carbonyl (C=O) groups excluding carboxylic acids is 1. The third-order valence-electron chi connectivity index (χ3n) is 6.21. The van der Waals surface area contributed by atoms with Crippen molar-refractivity contribution in [3.63, 3.8) is 0 Å². The normalized spacial score (nSPS) is 10.9. The molecule has 192 valence electrons. The van der Waals surface area contributed by atoms with Crippen LogP contribution in [0, 0.1) is 0 Å². The molecule has 0 radical (unpaired) electrons. The average Bonchev–Trinajstić information content (AvgIpc) is 3.46. The maximum Gasteiger partial charge on any atom is 0.274 e. The molecule has 0 bridgehead atoms. The predicted octanol–water partition coefficient (Wildman–Crippen LogP) is 6.01. The van der Waals surface area contributed by atoms with Crippen molar-refractivity contribution in [2.45, 2.75) is 0 Å². The van der Waals surface area contributed by atoms with Crippen LogP contribution in [0.5, 0.6) is 23.0 Å². The molecule has 0 aliphatic heterocycles. The van der Waals surface area contributed by atoms with Gasteiger partial charge in [-0.25, -0.2) is 9.50 Å². The summed E-state index contributed by atoms with van der Waals surface area (Å²) in [4.78, 5) is 22.0. The summed E-state index contributed by atoms with van der Waals surface area (Å²) < 4.78 is 18.7. The monoisotopic (exact) mass is 517 g/mol. The Labute approximate surface area is 223 Å². The van der Waals surface area contributed by atoms with E-state index in [9.17, 15) is 4.79 Å². The first-order chi connectivity index (χ1) is 19.1. The standard InChI is InChI=1S/C30H23N5O4/c1-37-27-16-22-23(18-28(27)38-2)31-14-12-26(22)39-21-10-8-20(9-11-21)33-30(36)24-17-25(19-6-4-3-5-7-19)35-29(34-24)13-15-32-35/h3-18H,1-2H3,(H,33,36). The van der Waals surface area contributed by atoms with E-state index in [1.807, 2.05) is 36.4 Å². The topological polar surface area (TPSA) is 99.9 Å². The van der Waals surface area contributed by atoms with Crippen molar-refractivity contribution in [3.05, 3.63) is 103 Å². The highest BCUT2D eigenvalue weighted by Crippen LogP contribution is 2.37. The number of nitrogens with zero attached hydrogens (tertiary/aromatic N) is 4. The van der Waals surface area contributed by atoms with E-state index in [-0.39, 0.29) is 11.6 Å². The number of ether oxygens (including phenoxy) is 3. The molecule has 0 saturated heterocycles. The van der Waals surface area contributed by atoms with E-state index in [1.54, 1.807) is 79.7 Å². The Kier molecular flexibility index (Phi) is 6.22. The number of methoxy groups -OCH3 is 2. The Balaban J connectivity index is 1.23. The Morgan fingerprint density at radius 3 is 2.36 bits per heavy atom. The fourth-order valence-corrected chi connectivity index (χ4v) is 4.31. The molecule has 0 aliphatic carbocycles. The number of hydrogen-bond donors (Lipinski definition) is 1. The quantitative estimate of drug-likeness (QED) is 0.277. The van der Waals surface area contributed by atoms with Crippen molar-refractivity contribution in [1.29, 1.82) is 0 Å². The molecule has 9 nitrogen and oxygen atoms in total. The zero-order chi connectivity index (χ0) is 26.8. The lowest BCUT2D eigenvalue weighted by Crippen LogP contribution is -2.15. The summed E-state index contributed by atoms with van der Waals surface area (Å²) in [6.07, 6.45) is 3.33. The van der Waals surface area contributed by atoms with Gasteiger partial charge in [0.15, 0.2) is 17.1 Å². The third-order valence-corrected chi connectivity index (χ3v) is 6.21. The van der Waals surface area contributed by atoms with Crippen LogP contribution in [-0.4, -0.2) is 39.7 Å². The maximum atomic E-state index is 13.1. The molecule has 9 heteroatoms. The number of hydrogen-bond acceptors (Lipinski definition) is 7. The van der Waals surface area contributed by atoms with Gasteiger partial charge >= 0.3 is 0 Å². The SMILES string of the molecule is COc1cc2nccc(Oc3ccc(NC(=O)c4cc(-c5ccccc5)n5nccc5n4)cc3)c2cc1OC. The van der Waals surface area contributed by atoms with Crippen molar-refractivity contribution in [3.8, 4) is 34.3 Å². The van der Waals surface area contributed by atoms with Crippen LogP contribution in [0.4, 0.5) is 5.69 Å². The van der Waals surface area contributed by atoms with Crippen LogP contribution in [0.1, 0.15) is 10.5 Å². The summed E-state index contributed by atoms with van der Waals surface area (Å²) in [7, 11) is 3.16. The van der Waals surface area contributed by atoms with E-state index < -0.39 is 0 Å². The van der Waals surface area contributed by atoms with Crippen LogP contribution >= 0.6 is 0 Å². The molecule has 6 aromatic rings. The minimum absolute atomic E-state index is 0.287. The second-order valence-corrected chi connectivity index (χ2v) is 8.61. The highest BCUT2D eigenvalue weighted by molar-refractivity contribution is 6.03. The Hall–Kier alpha value is -5.44. The van der Waals surface area contributed by atoms with Crippen LogP contribution in [0.15, 0.2) is 97.3 Å². The number of benzene rings is 3. The van der Waals surface area contributed by atoms with Gasteiger partial charge in [0.05, 0.1) is 31.6 Å². The maximum absolute atomic E-state index is 13.1. The Morgan fingerprint density at radius 1 is 0.821 bits per heavy atom. The second-order valence-electron chi connectivity index (χ2n) is 8.61. The fraction of sp³-hybridized carbons (Fsp3) is 0.0667. The molecule has 3 heterocycles. The van der Waals surface area contributed by atoms with Crippen LogP contribution < -0.4 is 19.5 Å². The summed E-state index contributed by atoms with van der Waals surface area (Å²) in [6.45, 7) is 0. The van der Waals surface area contributed by atoms with E-state index in [1.165, 1.54) is 0 Å². The summed E-state index contributed by atoms with van der Waals surface area (Å²) in [5.41, 5.74) is 3.91. The van der Waals surface area contributed by atoms with Crippen molar-refractivity contribution >= 4 is 28.1 Å². The van der Waals surface area contributed by atoms with E-state index in [2.05, 4.69) is 20.4 Å². The zero-order valence-electron chi connectivity index (χ0n) is 21.2. The Bertz CT molecular complexity index is 1800. The number of nitrogens with one attached hydrogen (secondary N) is 1. The summed E-state index contributed by atoms with van der Waals surface area (Å²) in [5.74, 6) is 2.06. The molecule has 0 atom stereocenters. The predicted molar refractivity (Wildman–Crippen MR) is 148 cm³/mol. The molecule has 0 aliphatic rings. The van der Waals surface area contributed by atoms with Crippen LogP contribution in [-0.2, 0) is 0 Å². The average molecular weight is 518 g/mol. The van der Waals surface area contributed by atoms with E-state index >= 15 is 0 Å². The van der Waals surface area contributed by atoms with Gasteiger partial charge in [-0.2, -0.15) is 5.10 Å². The molecule has 6 rings (SSSR count). The smallest absolute Gasteiger partial charge is 0.274 e. The number of fused-ring (bicyclic) bond motifs is 2. The first-order valence-electron chi connectivity index (χ1n) is 12.1. The third kappa shape index (κ3) is 4.69. The van der Waals surface area contributed by atoms with Gasteiger partial charge in [-0.15, -0.1) is 0 Å². The van der Waals surface area contributed by atoms with Gasteiger partial charge in [0.25, 0.3) is 5.91 Å². The number of aromatic nitrogens is 4. The van der Waals surface area contributed by atoms with Gasteiger partial charge in [-0.05, 0) is 42.5 Å². The molecule has 1 N–H and O–H groups in total. The number of amides is 1. The van der Waals surface area contributed by atoms with Crippen molar-refractivity contribution in [1.82, 2.24) is 19.6 Å². The molecule has 0 unspecified atom stereocenters. The molecule has 0 spiro atoms. The number of carbonyl (C=O) groups is 1. The van der Waals surface area contributed by atoms with Crippen LogP contribution in [0.3, 0.4) is 0 Å². The van der Waals surface area contributed by atoms with Gasteiger partial charge in [-0.1, -0.05) is 30.3 Å². The zero-order valence-corrected chi connectivity index (χ0v) is 21.2. The lowest BCUT2D eigenvalue weighted by atomic mass is 10.1. The number of pyridine rings is 1. The molecule has 39 heavy (non-hydrogen) atoms. The van der Waals surface area contributed by atoms with E-state index in [4.69, 9.17) is 14.2 Å². The fourth-order valence-electron chi connectivity index (χ4n) is 4.31. The lowest BCUT2D eigenvalue weighted by molar-refractivity contribution is 0.102. The van der Waals surface area contributed by atoms with Gasteiger partial charge in [0.1, 0.15) is 17.2 Å². The van der Waals surface area contributed by atoms with Gasteiger partial charge in [0, 0.05) is 35.0 Å². The molecule has 3 aromatic carbocycles. The van der Waals surface area contributed by atoms with Crippen molar-refractivity contribution in [2.75, 3.05) is 19.5 Å². The summed E-state index contributed by atoms with van der Waals surface area (Å²) in [5, 5.41) is 8.05. The van der Waals surface area contributed by atoms with Gasteiger partial charge < -0.3 is 19.5 Å². The molecule has 1 amide bonds. The molecular weight excluding hydrogens is 494 g/mol. The lowest BCUT2D eigenvalue weighted by Gasteiger charge is -2.13. The number of rotatable bonds is 7. The number of anilines is 1. The van der Waals surface area contributed by atoms with Gasteiger partial charge in [-0.3, -0.25) is 9.78 Å². The van der Waals surface area contributed by atoms with Crippen molar-refractivity contribution < 1.29 is 19.0 Å². The Morgan fingerprint density at radius 2 is 1.59 bits per heavy atom. The first-order valence-corrected chi connectivity index (χ1v) is 12.1. The van der Waals surface area contributed by atoms with Crippen LogP contribution in [0.2, 0.25) is 0 Å². The minimum atomic E-state index is -0.328. The molecule has 3 aromatic heterocycles. The largest absolute Gasteiger partial charge is 0.493 e. The molecular formula is C30H23N5O4. The molecule has 0 saturated carbocycles. The minimum Gasteiger partial charge on any atom is -0.493 e. The molecule has 0 fully saturated rings. The highest BCUT2D eigenvalue weighted by atomic mass is 16.5. The van der Waals surface area contributed by atoms with Crippen LogP contribution in [0.25, 0.3) is 27.8 Å². The summed E-state index contributed by atoms with van der Waals surface area (Å²) in [6, 6.07) is 25.8. The van der Waals surface area contributed by atoms with E-state index in [0.29, 0.717) is 39.8 Å². The van der Waals surface area contributed by atoms with Crippen molar-refractivity contribution in [2.24, 2.45) is 0 Å². The highest BCUT2D eigenvalue weighted by Gasteiger charge is 2.15. The summed E-state index contributed by atoms with van der Waals surface area (Å²) >= 11 is 0.